The lowest BCUT2D eigenvalue weighted by molar-refractivity contribution is -0.119. The second-order valence-corrected chi connectivity index (χ2v) is 5.35. The van der Waals surface area contributed by atoms with Crippen molar-refractivity contribution in [3.8, 4) is 0 Å². The number of anilines is 1. The van der Waals surface area contributed by atoms with E-state index in [1.165, 1.54) is 0 Å². The number of amides is 1. The Balaban J connectivity index is 2.19. The summed E-state index contributed by atoms with van der Waals surface area (Å²) in [5.74, 6) is 0.197. The summed E-state index contributed by atoms with van der Waals surface area (Å²) < 4.78 is 1.01. The molecule has 4 heteroatoms. The van der Waals surface area contributed by atoms with Gasteiger partial charge in [-0.2, -0.15) is 0 Å². The zero-order valence-corrected chi connectivity index (χ0v) is 11.5. The fraction of sp³-hybridized carbons (Fsp3) is 0.462. The molecule has 1 aliphatic rings. The van der Waals surface area contributed by atoms with Crippen LogP contribution >= 0.6 is 15.9 Å². The van der Waals surface area contributed by atoms with E-state index in [-0.39, 0.29) is 11.9 Å². The van der Waals surface area contributed by atoms with E-state index < -0.39 is 0 Å². The molecule has 1 saturated heterocycles. The third kappa shape index (κ3) is 3.30. The van der Waals surface area contributed by atoms with Gasteiger partial charge in [-0.15, -0.1) is 0 Å². The van der Waals surface area contributed by atoms with Crippen LogP contribution in [-0.2, 0) is 4.79 Å². The van der Waals surface area contributed by atoms with Gasteiger partial charge in [-0.3, -0.25) is 4.79 Å². The van der Waals surface area contributed by atoms with Gasteiger partial charge in [0.1, 0.15) is 0 Å². The first-order valence-electron chi connectivity index (χ1n) is 5.96. The van der Waals surface area contributed by atoms with Crippen LogP contribution in [0.5, 0.6) is 0 Å². The molecule has 0 spiro atoms. The largest absolute Gasteiger partial charge is 0.314 e. The van der Waals surface area contributed by atoms with Gasteiger partial charge in [0.05, 0.1) is 0 Å². The number of carbonyl (C=O) groups is 1. The Kier molecular flexibility index (Phi) is 4.18. The Labute approximate surface area is 110 Å². The summed E-state index contributed by atoms with van der Waals surface area (Å²) in [6, 6.07) is 8.19. The fourth-order valence-electron chi connectivity index (χ4n) is 2.07. The molecule has 1 heterocycles. The van der Waals surface area contributed by atoms with Crippen LogP contribution in [0, 0.1) is 0 Å². The first-order valence-corrected chi connectivity index (χ1v) is 6.75. The van der Waals surface area contributed by atoms with Gasteiger partial charge in [0.2, 0.25) is 5.91 Å². The van der Waals surface area contributed by atoms with Crippen molar-refractivity contribution >= 4 is 27.5 Å². The molecule has 0 aliphatic carbocycles. The van der Waals surface area contributed by atoms with Gasteiger partial charge in [-0.25, -0.2) is 0 Å². The summed E-state index contributed by atoms with van der Waals surface area (Å²) in [6.45, 7) is 3.82. The Morgan fingerprint density at radius 1 is 1.47 bits per heavy atom. The molecule has 3 nitrogen and oxygen atoms in total. The molecule has 17 heavy (non-hydrogen) atoms. The molecule has 1 atom stereocenters. The van der Waals surface area contributed by atoms with Gasteiger partial charge in [0, 0.05) is 29.2 Å². The van der Waals surface area contributed by atoms with Crippen LogP contribution in [0.4, 0.5) is 5.69 Å². The number of carbonyl (C=O) groups excluding carboxylic acids is 1. The SMILES string of the molecule is CC1CC(=O)N(c2cccc(Br)c2)CCCN1. The maximum atomic E-state index is 12.2. The molecular weight excluding hydrogens is 280 g/mol. The van der Waals surface area contributed by atoms with Crippen molar-refractivity contribution in [2.45, 2.75) is 25.8 Å². The second kappa shape index (κ2) is 5.65. The van der Waals surface area contributed by atoms with E-state index >= 15 is 0 Å². The quantitative estimate of drug-likeness (QED) is 0.864. The summed E-state index contributed by atoms with van der Waals surface area (Å²) in [6.07, 6.45) is 1.55. The van der Waals surface area contributed by atoms with Crippen LogP contribution in [-0.4, -0.2) is 25.0 Å². The second-order valence-electron chi connectivity index (χ2n) is 4.44. The summed E-state index contributed by atoms with van der Waals surface area (Å²) in [5, 5.41) is 3.34. The monoisotopic (exact) mass is 296 g/mol. The molecule has 0 bridgehead atoms. The lowest BCUT2D eigenvalue weighted by Gasteiger charge is -2.28. The lowest BCUT2D eigenvalue weighted by atomic mass is 10.1. The normalized spacial score (nSPS) is 22.1. The van der Waals surface area contributed by atoms with Crippen LogP contribution in [0.2, 0.25) is 0 Å². The third-order valence-corrected chi connectivity index (χ3v) is 3.45. The van der Waals surface area contributed by atoms with Crippen molar-refractivity contribution < 1.29 is 4.79 Å². The molecule has 1 aromatic carbocycles. The van der Waals surface area contributed by atoms with E-state index in [1.807, 2.05) is 29.2 Å². The van der Waals surface area contributed by atoms with E-state index in [4.69, 9.17) is 0 Å². The van der Waals surface area contributed by atoms with E-state index in [9.17, 15) is 4.79 Å². The molecule has 1 aromatic rings. The maximum absolute atomic E-state index is 12.2. The first-order chi connectivity index (χ1) is 8.16. The van der Waals surface area contributed by atoms with Crippen LogP contribution in [0.25, 0.3) is 0 Å². The summed E-state index contributed by atoms with van der Waals surface area (Å²) in [7, 11) is 0. The highest BCUT2D eigenvalue weighted by Gasteiger charge is 2.20. The summed E-state index contributed by atoms with van der Waals surface area (Å²) in [5.41, 5.74) is 0.985. The Morgan fingerprint density at radius 2 is 2.29 bits per heavy atom. The Morgan fingerprint density at radius 3 is 3.06 bits per heavy atom. The van der Waals surface area contributed by atoms with Gasteiger partial charge in [0.15, 0.2) is 0 Å². The highest BCUT2D eigenvalue weighted by atomic mass is 79.9. The molecule has 1 aliphatic heterocycles. The van der Waals surface area contributed by atoms with Crippen molar-refractivity contribution in [3.63, 3.8) is 0 Å². The van der Waals surface area contributed by atoms with Crippen LogP contribution < -0.4 is 10.2 Å². The number of nitrogens with one attached hydrogen (secondary N) is 1. The molecule has 1 unspecified atom stereocenters. The molecule has 0 radical (unpaired) electrons. The van der Waals surface area contributed by atoms with Crippen molar-refractivity contribution in [1.29, 1.82) is 0 Å². The van der Waals surface area contributed by atoms with Crippen molar-refractivity contribution in [3.05, 3.63) is 28.7 Å². The van der Waals surface area contributed by atoms with E-state index in [2.05, 4.69) is 28.2 Å². The van der Waals surface area contributed by atoms with E-state index in [1.54, 1.807) is 0 Å². The lowest BCUT2D eigenvalue weighted by Crippen LogP contribution is -2.42. The topological polar surface area (TPSA) is 32.3 Å². The standard InChI is InChI=1S/C13H17BrN2O/c1-10-8-13(17)16(7-3-6-15-10)12-5-2-4-11(14)9-12/h2,4-5,9-10,15H,3,6-8H2,1H3. The Hall–Kier alpha value is -0.870. The minimum absolute atomic E-state index is 0.197. The zero-order valence-electron chi connectivity index (χ0n) is 9.95. The van der Waals surface area contributed by atoms with Crippen molar-refractivity contribution in [1.82, 2.24) is 5.32 Å². The fourth-order valence-corrected chi connectivity index (χ4v) is 2.46. The molecule has 1 amide bonds. The minimum Gasteiger partial charge on any atom is -0.314 e. The van der Waals surface area contributed by atoms with Gasteiger partial charge in [-0.1, -0.05) is 22.0 Å². The number of halogens is 1. The minimum atomic E-state index is 0.197. The average Bonchev–Trinajstić information content (AvgIpc) is 2.26. The molecule has 1 fully saturated rings. The number of benzene rings is 1. The van der Waals surface area contributed by atoms with Gasteiger partial charge in [0.25, 0.3) is 0 Å². The Bertz CT molecular complexity index is 408. The molecular formula is C13H17BrN2O. The smallest absolute Gasteiger partial charge is 0.228 e. The number of hydrogen-bond acceptors (Lipinski definition) is 2. The number of rotatable bonds is 1. The highest BCUT2D eigenvalue weighted by Crippen LogP contribution is 2.21. The number of nitrogens with zero attached hydrogens (tertiary/aromatic N) is 1. The molecule has 2 rings (SSSR count). The molecule has 0 saturated carbocycles. The zero-order chi connectivity index (χ0) is 12.3. The predicted octanol–water partition coefficient (Wildman–Crippen LogP) is 2.55. The van der Waals surface area contributed by atoms with Crippen molar-refractivity contribution in [2.75, 3.05) is 18.0 Å². The molecule has 0 aromatic heterocycles. The van der Waals surface area contributed by atoms with E-state index in [0.717, 1.165) is 29.7 Å². The van der Waals surface area contributed by atoms with Gasteiger partial charge >= 0.3 is 0 Å². The van der Waals surface area contributed by atoms with Gasteiger partial charge in [-0.05, 0) is 38.1 Å². The third-order valence-electron chi connectivity index (χ3n) is 2.95. The first kappa shape index (κ1) is 12.6. The highest BCUT2D eigenvalue weighted by molar-refractivity contribution is 9.10. The van der Waals surface area contributed by atoms with E-state index in [0.29, 0.717) is 6.42 Å². The van der Waals surface area contributed by atoms with Crippen LogP contribution in [0.15, 0.2) is 28.7 Å². The summed E-state index contributed by atoms with van der Waals surface area (Å²) >= 11 is 3.45. The predicted molar refractivity (Wildman–Crippen MR) is 73.2 cm³/mol. The maximum Gasteiger partial charge on any atom is 0.228 e. The number of hydrogen-bond donors (Lipinski definition) is 1. The van der Waals surface area contributed by atoms with Gasteiger partial charge < -0.3 is 10.2 Å². The van der Waals surface area contributed by atoms with Crippen molar-refractivity contribution in [2.24, 2.45) is 0 Å². The van der Waals surface area contributed by atoms with Crippen LogP contribution in [0.1, 0.15) is 19.8 Å². The van der Waals surface area contributed by atoms with Crippen LogP contribution in [0.3, 0.4) is 0 Å². The molecule has 92 valence electrons. The average molecular weight is 297 g/mol. The molecule has 1 N–H and O–H groups in total. The summed E-state index contributed by atoms with van der Waals surface area (Å²) in [4.78, 5) is 14.1.